The van der Waals surface area contributed by atoms with Gasteiger partial charge in [-0.1, -0.05) is 43.5 Å². The largest absolute Gasteiger partial charge is 0.351 e. The van der Waals surface area contributed by atoms with E-state index in [1.807, 2.05) is 0 Å². The van der Waals surface area contributed by atoms with Crippen molar-refractivity contribution >= 4 is 17.5 Å². The Bertz CT molecular complexity index is 1060. The monoisotopic (exact) mass is 432 g/mol. The number of halogens is 1. The van der Waals surface area contributed by atoms with Crippen molar-refractivity contribution in [1.82, 2.24) is 15.3 Å². The van der Waals surface area contributed by atoms with E-state index in [0.717, 1.165) is 32.1 Å². The first-order chi connectivity index (χ1) is 15.6. The molecule has 4 rings (SSSR count). The minimum Gasteiger partial charge on any atom is -0.351 e. The third kappa shape index (κ3) is 4.82. The molecule has 0 radical (unpaired) electrons. The Morgan fingerprint density at radius 1 is 0.969 bits per heavy atom. The van der Waals surface area contributed by atoms with Crippen LogP contribution in [-0.4, -0.2) is 27.8 Å². The molecule has 1 saturated carbocycles. The number of hydrogen-bond donors (Lipinski definition) is 1. The summed E-state index contributed by atoms with van der Waals surface area (Å²) < 4.78 is 15.0. The van der Waals surface area contributed by atoms with Crippen molar-refractivity contribution in [2.24, 2.45) is 0 Å². The van der Waals surface area contributed by atoms with Crippen molar-refractivity contribution in [2.75, 3.05) is 4.90 Å². The number of hydrogen-bond acceptors (Lipinski definition) is 4. The van der Waals surface area contributed by atoms with Crippen LogP contribution in [0, 0.1) is 5.82 Å². The topological polar surface area (TPSA) is 75.2 Å². The highest BCUT2D eigenvalue weighted by Gasteiger charge is 2.36. The normalized spacial score (nSPS) is 15.0. The number of nitrogens with zero attached hydrogens (tertiary/aromatic N) is 3. The quantitative estimate of drug-likeness (QED) is 0.624. The summed E-state index contributed by atoms with van der Waals surface area (Å²) in [6, 6.07) is 13.2. The lowest BCUT2D eigenvalue weighted by Gasteiger charge is -2.33. The molecule has 32 heavy (non-hydrogen) atoms. The van der Waals surface area contributed by atoms with E-state index >= 15 is 0 Å². The van der Waals surface area contributed by atoms with Crippen molar-refractivity contribution in [1.29, 1.82) is 0 Å². The number of carbonyl (C=O) groups excluding carboxylic acids is 2. The highest BCUT2D eigenvalue weighted by molar-refractivity contribution is 6.09. The second kappa shape index (κ2) is 10.1. The molecule has 7 heteroatoms. The van der Waals surface area contributed by atoms with E-state index in [1.54, 1.807) is 48.7 Å². The molecule has 2 amide bonds. The summed E-state index contributed by atoms with van der Waals surface area (Å²) in [5.41, 5.74) is 0.660. The SMILES string of the molecule is O=C(NC1CCCCC1)C(c1ccccc1F)N(C(=O)c1ccccn1)c1cccnc1. The van der Waals surface area contributed by atoms with Crippen molar-refractivity contribution in [3.05, 3.63) is 90.3 Å². The Morgan fingerprint density at radius 3 is 2.44 bits per heavy atom. The fraction of sp³-hybridized carbons (Fsp3) is 0.280. The Kier molecular flexibility index (Phi) is 6.84. The first-order valence-corrected chi connectivity index (χ1v) is 10.8. The van der Waals surface area contributed by atoms with Crippen LogP contribution in [0.2, 0.25) is 0 Å². The van der Waals surface area contributed by atoms with E-state index in [2.05, 4.69) is 15.3 Å². The number of pyridine rings is 2. The highest BCUT2D eigenvalue weighted by Crippen LogP contribution is 2.31. The van der Waals surface area contributed by atoms with Crippen LogP contribution in [-0.2, 0) is 4.79 Å². The van der Waals surface area contributed by atoms with E-state index in [1.165, 1.54) is 29.4 Å². The van der Waals surface area contributed by atoms with Gasteiger partial charge in [0.25, 0.3) is 5.91 Å². The van der Waals surface area contributed by atoms with Gasteiger partial charge in [-0.3, -0.25) is 24.5 Å². The molecule has 0 aliphatic heterocycles. The summed E-state index contributed by atoms with van der Waals surface area (Å²) in [7, 11) is 0. The maximum Gasteiger partial charge on any atom is 0.277 e. The summed E-state index contributed by atoms with van der Waals surface area (Å²) in [5.74, 6) is -1.49. The molecular weight excluding hydrogens is 407 g/mol. The van der Waals surface area contributed by atoms with Crippen molar-refractivity contribution in [2.45, 2.75) is 44.2 Å². The third-order valence-corrected chi connectivity index (χ3v) is 5.68. The van der Waals surface area contributed by atoms with E-state index in [-0.39, 0.29) is 17.3 Å². The summed E-state index contributed by atoms with van der Waals surface area (Å²) in [6.45, 7) is 0. The van der Waals surface area contributed by atoms with Gasteiger partial charge in [0.2, 0.25) is 5.91 Å². The number of anilines is 1. The lowest BCUT2D eigenvalue weighted by atomic mass is 9.94. The van der Waals surface area contributed by atoms with Crippen LogP contribution in [0.15, 0.2) is 73.2 Å². The van der Waals surface area contributed by atoms with E-state index in [4.69, 9.17) is 0 Å². The maximum atomic E-state index is 15.0. The summed E-state index contributed by atoms with van der Waals surface area (Å²) in [5, 5.41) is 3.06. The molecule has 0 saturated heterocycles. The number of benzene rings is 1. The maximum absolute atomic E-state index is 15.0. The van der Waals surface area contributed by atoms with Gasteiger partial charge in [-0.15, -0.1) is 0 Å². The highest BCUT2D eigenvalue weighted by atomic mass is 19.1. The second-order valence-corrected chi connectivity index (χ2v) is 7.87. The molecule has 3 aromatic rings. The zero-order valence-corrected chi connectivity index (χ0v) is 17.7. The molecular formula is C25H25FN4O2. The predicted octanol–water partition coefficient (Wildman–Crippen LogP) is 4.45. The predicted molar refractivity (Wildman–Crippen MR) is 119 cm³/mol. The molecule has 0 spiro atoms. The fourth-order valence-electron chi connectivity index (χ4n) is 4.11. The molecule has 1 aliphatic carbocycles. The van der Waals surface area contributed by atoms with Gasteiger partial charge in [0.1, 0.15) is 17.6 Å². The smallest absolute Gasteiger partial charge is 0.277 e. The Balaban J connectivity index is 1.80. The average Bonchev–Trinajstić information content (AvgIpc) is 2.84. The van der Waals surface area contributed by atoms with Gasteiger partial charge in [-0.2, -0.15) is 0 Å². The lowest BCUT2D eigenvalue weighted by molar-refractivity contribution is -0.123. The first-order valence-electron chi connectivity index (χ1n) is 10.8. The van der Waals surface area contributed by atoms with Crippen molar-refractivity contribution < 1.29 is 14.0 Å². The fourth-order valence-corrected chi connectivity index (χ4v) is 4.11. The molecule has 1 aliphatic rings. The first kappa shape index (κ1) is 21.6. The molecule has 1 N–H and O–H groups in total. The zero-order valence-electron chi connectivity index (χ0n) is 17.7. The van der Waals surface area contributed by atoms with Gasteiger partial charge in [-0.05, 0) is 43.2 Å². The average molecular weight is 432 g/mol. The van der Waals surface area contributed by atoms with E-state index in [0.29, 0.717) is 5.69 Å². The van der Waals surface area contributed by atoms with Gasteiger partial charge in [-0.25, -0.2) is 4.39 Å². The van der Waals surface area contributed by atoms with Crippen molar-refractivity contribution in [3.63, 3.8) is 0 Å². The molecule has 1 fully saturated rings. The van der Waals surface area contributed by atoms with Crippen LogP contribution in [0.4, 0.5) is 10.1 Å². The summed E-state index contributed by atoms with van der Waals surface area (Å²) in [4.78, 5) is 36.8. The number of nitrogens with one attached hydrogen (secondary N) is 1. The number of aromatic nitrogens is 2. The molecule has 1 aromatic carbocycles. The van der Waals surface area contributed by atoms with Crippen molar-refractivity contribution in [3.8, 4) is 0 Å². The van der Waals surface area contributed by atoms with Crippen LogP contribution < -0.4 is 10.2 Å². The van der Waals surface area contributed by atoms with Gasteiger partial charge in [0.15, 0.2) is 0 Å². The van der Waals surface area contributed by atoms with Crippen LogP contribution in [0.3, 0.4) is 0 Å². The van der Waals surface area contributed by atoms with E-state index in [9.17, 15) is 14.0 Å². The third-order valence-electron chi connectivity index (χ3n) is 5.68. The molecule has 2 heterocycles. The van der Waals surface area contributed by atoms with Crippen LogP contribution >= 0.6 is 0 Å². The lowest BCUT2D eigenvalue weighted by Crippen LogP contribution is -2.47. The minimum absolute atomic E-state index is 0.00576. The van der Waals surface area contributed by atoms with Crippen LogP contribution in [0.5, 0.6) is 0 Å². The number of carbonyl (C=O) groups is 2. The van der Waals surface area contributed by atoms with Crippen LogP contribution in [0.25, 0.3) is 0 Å². The molecule has 1 unspecified atom stereocenters. The molecule has 0 bridgehead atoms. The molecule has 2 aromatic heterocycles. The summed E-state index contributed by atoms with van der Waals surface area (Å²) >= 11 is 0. The second-order valence-electron chi connectivity index (χ2n) is 7.87. The van der Waals surface area contributed by atoms with Gasteiger partial charge in [0.05, 0.1) is 11.9 Å². The standard InChI is InChI=1S/C25H25FN4O2/c26-21-13-5-4-12-20(21)23(24(31)29-18-9-2-1-3-10-18)30(19-11-8-15-27-17-19)25(32)22-14-6-7-16-28-22/h4-8,11-18,23H,1-3,9-10H2,(H,29,31). The minimum atomic E-state index is -1.21. The van der Waals surface area contributed by atoms with E-state index < -0.39 is 23.7 Å². The Labute approximate surface area is 186 Å². The molecule has 1 atom stereocenters. The molecule has 164 valence electrons. The van der Waals surface area contributed by atoms with Gasteiger partial charge < -0.3 is 5.32 Å². The number of amides is 2. The van der Waals surface area contributed by atoms with Crippen LogP contribution in [0.1, 0.15) is 54.2 Å². The number of rotatable bonds is 6. The Hall–Kier alpha value is -3.61. The summed E-state index contributed by atoms with van der Waals surface area (Å²) in [6.07, 6.45) is 9.53. The zero-order chi connectivity index (χ0) is 22.3. The van der Waals surface area contributed by atoms with Gasteiger partial charge >= 0.3 is 0 Å². The van der Waals surface area contributed by atoms with Gasteiger partial charge in [0, 0.05) is 24.0 Å². The Morgan fingerprint density at radius 2 is 1.75 bits per heavy atom. The molecule has 6 nitrogen and oxygen atoms in total.